The largest absolute Gasteiger partial charge is 0.301 e. The van der Waals surface area contributed by atoms with Gasteiger partial charge in [0, 0.05) is 5.56 Å². The minimum absolute atomic E-state index is 0.0522. The predicted molar refractivity (Wildman–Crippen MR) is 58.1 cm³/mol. The van der Waals surface area contributed by atoms with Crippen molar-refractivity contribution in [2.45, 2.75) is 12.3 Å². The van der Waals surface area contributed by atoms with Crippen molar-refractivity contribution in [3.63, 3.8) is 0 Å². The van der Waals surface area contributed by atoms with E-state index in [9.17, 15) is 18.9 Å². The molecule has 1 rings (SSSR count). The Morgan fingerprint density at radius 2 is 2.27 bits per heavy atom. The summed E-state index contributed by atoms with van der Waals surface area (Å²) in [4.78, 5) is 13.1. The van der Waals surface area contributed by atoms with Crippen LogP contribution in [0.3, 0.4) is 0 Å². The molecule has 15 heavy (non-hydrogen) atoms. The average Bonchev–Trinajstić information content (AvgIpc) is 2.15. The maximum absolute atomic E-state index is 12.5. The van der Waals surface area contributed by atoms with Crippen LogP contribution < -0.4 is 0 Å². The number of nitrogens with zero attached hydrogens (tertiary/aromatic N) is 2. The van der Waals surface area contributed by atoms with Crippen LogP contribution in [0.5, 0.6) is 0 Å². The standard InChI is InChI=1S/C7H4ClF2IN2O2/c8-2-3-1-4(11)12-5(7(9)10)6(3)13(14)15/h1,7H,2H2. The van der Waals surface area contributed by atoms with Crippen LogP contribution in [-0.4, -0.2) is 9.91 Å². The molecule has 8 heteroatoms. The lowest BCUT2D eigenvalue weighted by molar-refractivity contribution is -0.387. The number of pyridine rings is 1. The second kappa shape index (κ2) is 4.97. The van der Waals surface area contributed by atoms with E-state index in [1.54, 1.807) is 22.6 Å². The summed E-state index contributed by atoms with van der Waals surface area (Å²) in [5.74, 6) is -0.200. The summed E-state index contributed by atoms with van der Waals surface area (Å²) in [5.41, 5.74) is -1.47. The second-order valence-electron chi connectivity index (χ2n) is 2.53. The molecule has 82 valence electrons. The van der Waals surface area contributed by atoms with Crippen LogP contribution in [0.1, 0.15) is 17.7 Å². The number of alkyl halides is 3. The van der Waals surface area contributed by atoms with Gasteiger partial charge in [-0.15, -0.1) is 11.6 Å². The first kappa shape index (κ1) is 12.5. The van der Waals surface area contributed by atoms with E-state index in [4.69, 9.17) is 11.6 Å². The van der Waals surface area contributed by atoms with Gasteiger partial charge in [-0.1, -0.05) is 0 Å². The molecular formula is C7H4ClF2IN2O2. The van der Waals surface area contributed by atoms with Gasteiger partial charge in [-0.2, -0.15) is 0 Å². The number of rotatable bonds is 3. The number of aromatic nitrogens is 1. The Hall–Kier alpha value is -0.570. The highest BCUT2D eigenvalue weighted by atomic mass is 127. The van der Waals surface area contributed by atoms with Crippen molar-refractivity contribution in [2.24, 2.45) is 0 Å². The van der Waals surface area contributed by atoms with Gasteiger partial charge in [-0.25, -0.2) is 13.8 Å². The molecule has 1 aromatic heterocycles. The van der Waals surface area contributed by atoms with Crippen molar-refractivity contribution in [3.05, 3.63) is 31.1 Å². The van der Waals surface area contributed by atoms with Crippen LogP contribution in [-0.2, 0) is 5.88 Å². The third-order valence-electron chi connectivity index (χ3n) is 1.60. The third-order valence-corrected chi connectivity index (χ3v) is 2.44. The summed E-state index contributed by atoms with van der Waals surface area (Å²) in [6.45, 7) is 0. The number of hydrogen-bond donors (Lipinski definition) is 0. The molecule has 0 unspecified atom stereocenters. The van der Waals surface area contributed by atoms with E-state index in [0.717, 1.165) is 0 Å². The first-order chi connectivity index (χ1) is 6.97. The normalized spacial score (nSPS) is 10.7. The minimum Gasteiger partial charge on any atom is -0.258 e. The molecule has 0 fully saturated rings. The van der Waals surface area contributed by atoms with Crippen molar-refractivity contribution in [1.29, 1.82) is 0 Å². The van der Waals surface area contributed by atoms with Gasteiger partial charge in [0.2, 0.25) is 0 Å². The fourth-order valence-electron chi connectivity index (χ4n) is 1.04. The highest BCUT2D eigenvalue weighted by Crippen LogP contribution is 2.32. The Balaban J connectivity index is 3.47. The monoisotopic (exact) mass is 348 g/mol. The van der Waals surface area contributed by atoms with E-state index in [2.05, 4.69) is 4.98 Å². The first-order valence-corrected chi connectivity index (χ1v) is 5.26. The zero-order valence-electron chi connectivity index (χ0n) is 7.08. The summed E-state index contributed by atoms with van der Waals surface area (Å²) >= 11 is 7.15. The molecule has 0 atom stereocenters. The first-order valence-electron chi connectivity index (χ1n) is 3.65. The highest BCUT2D eigenvalue weighted by Gasteiger charge is 2.27. The molecular weight excluding hydrogens is 344 g/mol. The van der Waals surface area contributed by atoms with Crippen LogP contribution in [0, 0.1) is 13.8 Å². The smallest absolute Gasteiger partial charge is 0.258 e. The van der Waals surface area contributed by atoms with Crippen LogP contribution >= 0.6 is 34.2 Å². The van der Waals surface area contributed by atoms with E-state index in [0.29, 0.717) is 0 Å². The molecule has 0 aromatic carbocycles. The van der Waals surface area contributed by atoms with Crippen molar-refractivity contribution in [2.75, 3.05) is 0 Å². The van der Waals surface area contributed by atoms with E-state index >= 15 is 0 Å². The van der Waals surface area contributed by atoms with Gasteiger partial charge in [0.1, 0.15) is 3.70 Å². The second-order valence-corrected chi connectivity index (χ2v) is 3.90. The Morgan fingerprint density at radius 3 is 2.67 bits per heavy atom. The highest BCUT2D eigenvalue weighted by molar-refractivity contribution is 14.1. The molecule has 4 nitrogen and oxygen atoms in total. The van der Waals surface area contributed by atoms with E-state index in [1.165, 1.54) is 6.07 Å². The SMILES string of the molecule is O=[N+]([O-])c1c(CCl)cc(I)nc1C(F)F. The Kier molecular flexibility index (Phi) is 4.14. The van der Waals surface area contributed by atoms with Gasteiger partial charge in [0.15, 0.2) is 5.69 Å². The molecule has 0 aliphatic heterocycles. The average molecular weight is 348 g/mol. The van der Waals surface area contributed by atoms with Crippen LogP contribution in [0.15, 0.2) is 6.07 Å². The third kappa shape index (κ3) is 2.71. The van der Waals surface area contributed by atoms with Gasteiger partial charge in [0.05, 0.1) is 10.8 Å². The van der Waals surface area contributed by atoms with Crippen LogP contribution in [0.25, 0.3) is 0 Å². The minimum atomic E-state index is -2.98. The Morgan fingerprint density at radius 1 is 1.67 bits per heavy atom. The summed E-state index contributed by atoms with van der Waals surface area (Å²) in [5, 5.41) is 10.6. The van der Waals surface area contributed by atoms with Crippen LogP contribution in [0.4, 0.5) is 14.5 Å². The van der Waals surface area contributed by atoms with Gasteiger partial charge in [-0.3, -0.25) is 10.1 Å². The van der Waals surface area contributed by atoms with Gasteiger partial charge >= 0.3 is 5.69 Å². The fraction of sp³-hybridized carbons (Fsp3) is 0.286. The molecule has 0 N–H and O–H groups in total. The molecule has 1 heterocycles. The molecule has 0 saturated carbocycles. The molecule has 0 amide bonds. The summed E-state index contributed by atoms with van der Waals surface area (Å²) < 4.78 is 25.2. The van der Waals surface area contributed by atoms with E-state index in [1.807, 2.05) is 0 Å². The number of hydrogen-bond acceptors (Lipinski definition) is 3. The molecule has 1 aromatic rings. The molecule has 0 aliphatic rings. The molecule has 0 aliphatic carbocycles. The lowest BCUT2D eigenvalue weighted by Crippen LogP contribution is -2.04. The molecule has 0 bridgehead atoms. The zero-order chi connectivity index (χ0) is 11.6. The maximum atomic E-state index is 12.5. The van der Waals surface area contributed by atoms with Gasteiger partial charge < -0.3 is 0 Å². The lowest BCUT2D eigenvalue weighted by atomic mass is 10.2. The van der Waals surface area contributed by atoms with Crippen molar-refractivity contribution < 1.29 is 13.7 Å². The van der Waals surface area contributed by atoms with Crippen LogP contribution in [0.2, 0.25) is 0 Å². The maximum Gasteiger partial charge on any atom is 0.301 e. The summed E-state index contributed by atoms with van der Waals surface area (Å²) in [6, 6.07) is 1.32. The van der Waals surface area contributed by atoms with Crippen molar-refractivity contribution >= 4 is 39.9 Å². The summed E-state index contributed by atoms with van der Waals surface area (Å²) in [7, 11) is 0. The predicted octanol–water partition coefficient (Wildman–Crippen LogP) is 3.27. The lowest BCUT2D eigenvalue weighted by Gasteiger charge is -2.05. The number of halogens is 4. The molecule has 0 saturated heterocycles. The van der Waals surface area contributed by atoms with Gasteiger partial charge in [0.25, 0.3) is 6.43 Å². The van der Waals surface area contributed by atoms with Crippen molar-refractivity contribution in [3.8, 4) is 0 Å². The topological polar surface area (TPSA) is 56.0 Å². The van der Waals surface area contributed by atoms with Crippen molar-refractivity contribution in [1.82, 2.24) is 4.98 Å². The zero-order valence-corrected chi connectivity index (χ0v) is 10.00. The Labute approximate surface area is 102 Å². The van der Waals surface area contributed by atoms with Gasteiger partial charge in [-0.05, 0) is 28.7 Å². The quantitative estimate of drug-likeness (QED) is 0.277. The fourth-order valence-corrected chi connectivity index (χ4v) is 1.88. The number of nitro groups is 1. The van der Waals surface area contributed by atoms with E-state index < -0.39 is 22.7 Å². The Bertz CT molecular complexity index is 403. The molecule has 0 spiro atoms. The summed E-state index contributed by atoms with van der Waals surface area (Å²) in [6.07, 6.45) is -2.98. The molecule has 0 radical (unpaired) electrons. The van der Waals surface area contributed by atoms with E-state index in [-0.39, 0.29) is 15.1 Å².